The number of nitrogens with zero attached hydrogens (tertiary/aromatic N) is 6. The lowest BCUT2D eigenvalue weighted by Gasteiger charge is -2.35. The molecule has 11 heteroatoms. The van der Waals surface area contributed by atoms with E-state index in [9.17, 15) is 4.79 Å². The molecule has 2 aromatic heterocycles. The second kappa shape index (κ2) is 11.6. The Morgan fingerprint density at radius 3 is 2.60 bits per heavy atom. The molecule has 0 spiro atoms. The molecule has 4 aromatic rings. The number of ether oxygens (including phenoxy) is 1. The number of hydrogen-bond acceptors (Lipinski definition) is 7. The Morgan fingerprint density at radius 2 is 1.88 bits per heavy atom. The molecule has 4 heterocycles. The minimum atomic E-state index is -0.0874. The number of piperazine rings is 1. The number of rotatable bonds is 7. The van der Waals surface area contributed by atoms with Crippen LogP contribution in [0.4, 0.5) is 11.8 Å². The van der Waals surface area contributed by atoms with Crippen LogP contribution in [0.5, 0.6) is 0 Å². The van der Waals surface area contributed by atoms with Crippen molar-refractivity contribution in [2.45, 2.75) is 32.4 Å². The van der Waals surface area contributed by atoms with Gasteiger partial charge in [0.05, 0.1) is 19.0 Å². The van der Waals surface area contributed by atoms with Crippen LogP contribution in [-0.4, -0.2) is 75.8 Å². The highest BCUT2D eigenvalue weighted by Crippen LogP contribution is 2.26. The zero-order chi connectivity index (χ0) is 27.6. The molecule has 9 nitrogen and oxygen atoms in total. The predicted molar refractivity (Wildman–Crippen MR) is 158 cm³/mol. The fourth-order valence-corrected chi connectivity index (χ4v) is 5.83. The van der Waals surface area contributed by atoms with E-state index < -0.39 is 0 Å². The number of aromatic nitrogens is 4. The zero-order valence-corrected chi connectivity index (χ0v) is 23.8. The van der Waals surface area contributed by atoms with Crippen molar-refractivity contribution in [3.63, 3.8) is 0 Å². The van der Waals surface area contributed by atoms with Gasteiger partial charge >= 0.3 is 0 Å². The minimum Gasteiger partial charge on any atom is -0.376 e. The van der Waals surface area contributed by atoms with Crippen LogP contribution < -0.4 is 10.2 Å². The van der Waals surface area contributed by atoms with Crippen LogP contribution in [0.15, 0.2) is 48.8 Å². The molecule has 2 fully saturated rings. The molecule has 1 atom stereocenters. The van der Waals surface area contributed by atoms with Gasteiger partial charge in [-0.25, -0.2) is 4.98 Å². The number of carbonyl (C=O) groups excluding carboxylic acids is 1. The number of hydrogen-bond donors (Lipinski definition) is 1. The molecule has 40 heavy (non-hydrogen) atoms. The average Bonchev–Trinajstić information content (AvgIpc) is 3.61. The Kier molecular flexibility index (Phi) is 7.78. The van der Waals surface area contributed by atoms with Gasteiger partial charge in [0.2, 0.25) is 5.95 Å². The summed E-state index contributed by atoms with van der Waals surface area (Å²) in [6.07, 6.45) is 4.10. The third-order valence-electron chi connectivity index (χ3n) is 7.37. The third-order valence-corrected chi connectivity index (χ3v) is 7.80. The summed E-state index contributed by atoms with van der Waals surface area (Å²) < 4.78 is 7.88. The third kappa shape index (κ3) is 5.87. The molecule has 0 radical (unpaired) electrons. The Balaban J connectivity index is 1.25. The van der Waals surface area contributed by atoms with Crippen molar-refractivity contribution < 1.29 is 9.53 Å². The number of aryl methyl sites for hydroxylation is 1. The number of imidazole rings is 1. The Bertz CT molecular complexity index is 1510. The summed E-state index contributed by atoms with van der Waals surface area (Å²) >= 11 is 12.3. The molecular weight excluding hydrogens is 549 g/mol. The molecule has 2 aliphatic heterocycles. The molecule has 2 aliphatic rings. The van der Waals surface area contributed by atoms with E-state index in [1.165, 1.54) is 11.1 Å². The molecule has 2 saturated heterocycles. The van der Waals surface area contributed by atoms with Crippen LogP contribution in [0.1, 0.15) is 34.3 Å². The van der Waals surface area contributed by atoms with Crippen LogP contribution in [-0.2, 0) is 11.3 Å². The number of benzene rings is 2. The van der Waals surface area contributed by atoms with Gasteiger partial charge in [-0.2, -0.15) is 9.97 Å². The smallest absolute Gasteiger partial charge is 0.254 e. The maximum Gasteiger partial charge on any atom is 0.254 e. The molecule has 2 aromatic carbocycles. The number of carbonyl (C=O) groups is 1. The van der Waals surface area contributed by atoms with Gasteiger partial charge in [0.1, 0.15) is 0 Å². The van der Waals surface area contributed by atoms with Crippen LogP contribution in [0, 0.1) is 6.92 Å². The first-order chi connectivity index (χ1) is 19.4. The number of nitrogens with one attached hydrogen (secondary N) is 1. The van der Waals surface area contributed by atoms with Gasteiger partial charge in [0, 0.05) is 54.9 Å². The highest BCUT2D eigenvalue weighted by atomic mass is 35.5. The van der Waals surface area contributed by atoms with Crippen LogP contribution in [0.25, 0.3) is 11.2 Å². The molecule has 1 unspecified atom stereocenters. The van der Waals surface area contributed by atoms with Gasteiger partial charge in [-0.1, -0.05) is 53.0 Å². The van der Waals surface area contributed by atoms with Crippen molar-refractivity contribution in [3.05, 3.63) is 75.5 Å². The number of fused-ring (bicyclic) bond motifs is 1. The monoisotopic (exact) mass is 579 g/mol. The second-order valence-electron chi connectivity index (χ2n) is 10.4. The van der Waals surface area contributed by atoms with E-state index in [0.717, 1.165) is 30.6 Å². The highest BCUT2D eigenvalue weighted by Gasteiger charge is 2.26. The average molecular weight is 581 g/mol. The predicted octanol–water partition coefficient (Wildman–Crippen LogP) is 5.04. The Hall–Kier alpha value is -3.40. The maximum absolute atomic E-state index is 13.1. The first kappa shape index (κ1) is 26.8. The van der Waals surface area contributed by atoms with Crippen LogP contribution >= 0.6 is 23.2 Å². The maximum atomic E-state index is 13.1. The van der Waals surface area contributed by atoms with Crippen molar-refractivity contribution in [1.82, 2.24) is 24.4 Å². The number of amides is 1. The SMILES string of the molecule is Cc1cccc(Cn2cnc3c(NCC4CCCO4)nc(N4CCN(C(=O)c5cc(Cl)cc(Cl)c5)CC4)nc32)c1. The van der Waals surface area contributed by atoms with Gasteiger partial charge < -0.3 is 24.4 Å². The molecule has 0 saturated carbocycles. The molecular formula is C29H31Cl2N7O2. The number of halogens is 2. The van der Waals surface area contributed by atoms with Gasteiger partial charge in [-0.3, -0.25) is 4.79 Å². The van der Waals surface area contributed by atoms with Gasteiger partial charge in [0.15, 0.2) is 17.0 Å². The standard InChI is InChI=1S/C29H31Cl2N7O2/c1-19-4-2-5-20(12-19)17-38-18-33-25-26(32-16-24-6-3-11-40-24)34-29(35-27(25)38)37-9-7-36(8-10-37)28(39)21-13-22(30)15-23(31)14-21/h2,4-5,12-15,18,24H,3,6-11,16-17H2,1H3,(H,32,34,35). The summed E-state index contributed by atoms with van der Waals surface area (Å²) in [4.78, 5) is 31.6. The summed E-state index contributed by atoms with van der Waals surface area (Å²) in [5.41, 5.74) is 4.39. The molecule has 0 aliphatic carbocycles. The molecule has 6 rings (SSSR count). The van der Waals surface area contributed by atoms with Gasteiger partial charge in [0.25, 0.3) is 5.91 Å². The first-order valence-corrected chi connectivity index (χ1v) is 14.3. The molecule has 208 valence electrons. The van der Waals surface area contributed by atoms with Crippen molar-refractivity contribution in [1.29, 1.82) is 0 Å². The summed E-state index contributed by atoms with van der Waals surface area (Å²) in [6.45, 7) is 6.48. The quantitative estimate of drug-likeness (QED) is 0.328. The molecule has 1 amide bonds. The minimum absolute atomic E-state index is 0.0874. The normalized spacial score (nSPS) is 17.5. The first-order valence-electron chi connectivity index (χ1n) is 13.6. The van der Waals surface area contributed by atoms with Crippen molar-refractivity contribution in [2.75, 3.05) is 49.5 Å². The van der Waals surface area contributed by atoms with E-state index in [-0.39, 0.29) is 12.0 Å². The zero-order valence-electron chi connectivity index (χ0n) is 22.3. The van der Waals surface area contributed by atoms with Crippen molar-refractivity contribution in [3.8, 4) is 0 Å². The lowest BCUT2D eigenvalue weighted by Crippen LogP contribution is -2.49. The Morgan fingerprint density at radius 1 is 1.07 bits per heavy atom. The van der Waals surface area contributed by atoms with Crippen LogP contribution in [0.3, 0.4) is 0 Å². The number of anilines is 2. The lowest BCUT2D eigenvalue weighted by molar-refractivity contribution is 0.0746. The fourth-order valence-electron chi connectivity index (χ4n) is 5.31. The second-order valence-corrected chi connectivity index (χ2v) is 11.2. The van der Waals surface area contributed by atoms with E-state index in [1.54, 1.807) is 18.2 Å². The molecule has 0 bridgehead atoms. The van der Waals surface area contributed by atoms with Gasteiger partial charge in [-0.05, 0) is 43.5 Å². The fraction of sp³-hybridized carbons (Fsp3) is 0.379. The Labute approximate surface area is 243 Å². The van der Waals surface area contributed by atoms with E-state index in [1.807, 2.05) is 11.2 Å². The lowest BCUT2D eigenvalue weighted by atomic mass is 10.1. The van der Waals surface area contributed by atoms with Crippen LogP contribution in [0.2, 0.25) is 10.0 Å². The summed E-state index contributed by atoms with van der Waals surface area (Å²) in [5, 5.41) is 4.38. The highest BCUT2D eigenvalue weighted by molar-refractivity contribution is 6.35. The topological polar surface area (TPSA) is 88.4 Å². The van der Waals surface area contributed by atoms with Gasteiger partial charge in [-0.15, -0.1) is 0 Å². The molecule has 1 N–H and O–H groups in total. The van der Waals surface area contributed by atoms with E-state index in [0.29, 0.717) is 66.6 Å². The van der Waals surface area contributed by atoms with E-state index in [2.05, 4.69) is 46.0 Å². The summed E-state index contributed by atoms with van der Waals surface area (Å²) in [5.74, 6) is 1.23. The van der Waals surface area contributed by atoms with Crippen molar-refractivity contribution >= 4 is 52.0 Å². The van der Waals surface area contributed by atoms with E-state index >= 15 is 0 Å². The van der Waals surface area contributed by atoms with E-state index in [4.69, 9.17) is 42.9 Å². The summed E-state index contributed by atoms with van der Waals surface area (Å²) in [6, 6.07) is 13.4. The van der Waals surface area contributed by atoms with Crippen molar-refractivity contribution in [2.24, 2.45) is 0 Å². The summed E-state index contributed by atoms with van der Waals surface area (Å²) in [7, 11) is 0. The largest absolute Gasteiger partial charge is 0.376 e.